The number of rotatable bonds is 6. The number of benzene rings is 1. The number of nitrogens with two attached hydrogens (primary N) is 1. The Morgan fingerprint density at radius 1 is 1.33 bits per heavy atom. The Labute approximate surface area is 123 Å². The molecule has 3 N–H and O–H groups in total. The van der Waals surface area contributed by atoms with Gasteiger partial charge >= 0.3 is 5.97 Å². The summed E-state index contributed by atoms with van der Waals surface area (Å²) in [6, 6.07) is 6.07. The van der Waals surface area contributed by atoms with Gasteiger partial charge in [-0.2, -0.15) is 0 Å². The molecule has 6 heteroatoms. The summed E-state index contributed by atoms with van der Waals surface area (Å²) in [5.74, 6) is -1.01. The average Bonchev–Trinajstić information content (AvgIpc) is 2.48. The second-order valence-corrected chi connectivity index (χ2v) is 5.16. The number of carbonyl (C=O) groups excluding carboxylic acids is 1. The summed E-state index contributed by atoms with van der Waals surface area (Å²) in [4.78, 5) is 25.1. The number of carboxylic acid groups (broad SMARTS) is 1. The first-order valence-electron chi connectivity index (χ1n) is 6.97. The van der Waals surface area contributed by atoms with Crippen LogP contribution in [-0.4, -0.2) is 60.6 Å². The maximum atomic E-state index is 12.3. The number of hydrogen-bond acceptors (Lipinski definition) is 5. The second-order valence-electron chi connectivity index (χ2n) is 5.16. The van der Waals surface area contributed by atoms with Crippen LogP contribution in [0.2, 0.25) is 0 Å². The van der Waals surface area contributed by atoms with Crippen molar-refractivity contribution in [2.75, 3.05) is 32.8 Å². The van der Waals surface area contributed by atoms with Crippen molar-refractivity contribution in [1.29, 1.82) is 0 Å². The second kappa shape index (κ2) is 7.31. The quantitative estimate of drug-likeness (QED) is 0.725. The Morgan fingerprint density at radius 3 is 2.71 bits per heavy atom. The van der Waals surface area contributed by atoms with E-state index in [0.717, 1.165) is 18.7 Å². The Kier molecular flexibility index (Phi) is 5.44. The van der Waals surface area contributed by atoms with E-state index in [0.29, 0.717) is 25.3 Å². The number of ether oxygens (including phenoxy) is 1. The molecule has 1 aliphatic rings. The van der Waals surface area contributed by atoms with Gasteiger partial charge in [0.05, 0.1) is 19.8 Å². The van der Waals surface area contributed by atoms with Crippen LogP contribution in [-0.2, 0) is 16.0 Å². The number of nitrogens with zero attached hydrogens (tertiary/aromatic N) is 1. The van der Waals surface area contributed by atoms with Crippen LogP contribution in [0.4, 0.5) is 0 Å². The summed E-state index contributed by atoms with van der Waals surface area (Å²) in [5.41, 5.74) is 6.87. The lowest BCUT2D eigenvalue weighted by Crippen LogP contribution is -2.39. The summed E-state index contributed by atoms with van der Waals surface area (Å²) in [5, 5.41) is 8.83. The Bertz CT molecular complexity index is 512. The van der Waals surface area contributed by atoms with E-state index in [1.165, 1.54) is 0 Å². The molecule has 0 unspecified atom stereocenters. The molecule has 1 aromatic rings. The number of hydrogen-bond donors (Lipinski definition) is 2. The molecule has 0 spiro atoms. The van der Waals surface area contributed by atoms with Crippen molar-refractivity contribution >= 4 is 11.8 Å². The first-order chi connectivity index (χ1) is 10.1. The smallest absolute Gasteiger partial charge is 0.320 e. The minimum atomic E-state index is -1.04. The molecule has 1 aromatic carbocycles. The van der Waals surface area contributed by atoms with E-state index in [9.17, 15) is 9.59 Å². The summed E-state index contributed by atoms with van der Waals surface area (Å²) in [6.07, 6.45) is 0.216. The third kappa shape index (κ3) is 4.63. The Hall–Kier alpha value is -1.76. The molecular weight excluding hydrogens is 272 g/mol. The lowest BCUT2D eigenvalue weighted by atomic mass is 10.0. The highest BCUT2D eigenvalue weighted by atomic mass is 16.5. The van der Waals surface area contributed by atoms with Crippen LogP contribution in [0, 0.1) is 0 Å². The molecule has 1 atom stereocenters. The topological polar surface area (TPSA) is 92.9 Å². The molecule has 6 nitrogen and oxygen atoms in total. The molecule has 21 heavy (non-hydrogen) atoms. The molecule has 0 saturated carbocycles. The van der Waals surface area contributed by atoms with E-state index in [2.05, 4.69) is 4.90 Å². The minimum absolute atomic E-state index is 0.0302. The number of ketones is 1. The predicted octanol–water partition coefficient (Wildman–Crippen LogP) is 0.156. The monoisotopic (exact) mass is 292 g/mol. The van der Waals surface area contributed by atoms with Gasteiger partial charge in [-0.05, 0) is 18.1 Å². The van der Waals surface area contributed by atoms with E-state index >= 15 is 0 Å². The van der Waals surface area contributed by atoms with Crippen molar-refractivity contribution in [1.82, 2.24) is 4.90 Å². The van der Waals surface area contributed by atoms with E-state index in [1.807, 2.05) is 0 Å². The van der Waals surface area contributed by atoms with Gasteiger partial charge in [0, 0.05) is 18.7 Å². The van der Waals surface area contributed by atoms with Crippen LogP contribution in [0.3, 0.4) is 0 Å². The summed E-state index contributed by atoms with van der Waals surface area (Å²) < 4.78 is 5.25. The molecule has 1 aliphatic heterocycles. The zero-order valence-corrected chi connectivity index (χ0v) is 11.8. The highest BCUT2D eigenvalue weighted by molar-refractivity contribution is 5.97. The van der Waals surface area contributed by atoms with Gasteiger partial charge in [-0.15, -0.1) is 0 Å². The third-order valence-corrected chi connectivity index (χ3v) is 3.49. The Balaban J connectivity index is 1.98. The SMILES string of the molecule is N[C@@H](Cc1cccc(C(=O)CN2CCOCC2)c1)C(=O)O. The number of carbonyl (C=O) groups is 2. The number of aliphatic carboxylic acids is 1. The number of morpholine rings is 1. The standard InChI is InChI=1S/C15H20N2O4/c16-13(15(19)20)9-11-2-1-3-12(8-11)14(18)10-17-4-6-21-7-5-17/h1-3,8,13H,4-7,9-10,16H2,(H,19,20)/t13-/m0/s1. The lowest BCUT2D eigenvalue weighted by Gasteiger charge is -2.25. The van der Waals surface area contributed by atoms with Gasteiger partial charge in [-0.3, -0.25) is 14.5 Å². The molecule has 114 valence electrons. The normalized spacial score (nSPS) is 17.4. The van der Waals surface area contributed by atoms with Crippen molar-refractivity contribution < 1.29 is 19.4 Å². The average molecular weight is 292 g/mol. The maximum Gasteiger partial charge on any atom is 0.320 e. The van der Waals surface area contributed by atoms with Gasteiger partial charge in [0.1, 0.15) is 6.04 Å². The fraction of sp³-hybridized carbons (Fsp3) is 0.467. The highest BCUT2D eigenvalue weighted by Crippen LogP contribution is 2.10. The van der Waals surface area contributed by atoms with Crippen molar-refractivity contribution in [3.8, 4) is 0 Å². The van der Waals surface area contributed by atoms with Gasteiger partial charge in [-0.1, -0.05) is 18.2 Å². The van der Waals surface area contributed by atoms with Crippen LogP contribution >= 0.6 is 0 Å². The molecule has 0 aromatic heterocycles. The molecule has 1 heterocycles. The van der Waals surface area contributed by atoms with E-state index in [1.54, 1.807) is 24.3 Å². The molecular formula is C15H20N2O4. The van der Waals surface area contributed by atoms with Gasteiger partial charge < -0.3 is 15.6 Å². The van der Waals surface area contributed by atoms with Gasteiger partial charge in [0.15, 0.2) is 5.78 Å². The largest absolute Gasteiger partial charge is 0.480 e. The zero-order chi connectivity index (χ0) is 15.2. The van der Waals surface area contributed by atoms with Crippen LogP contribution in [0.1, 0.15) is 15.9 Å². The summed E-state index contributed by atoms with van der Waals surface area (Å²) in [6.45, 7) is 3.18. The van der Waals surface area contributed by atoms with Crippen LogP contribution in [0.25, 0.3) is 0 Å². The van der Waals surface area contributed by atoms with Crippen molar-refractivity contribution in [2.24, 2.45) is 5.73 Å². The first-order valence-corrected chi connectivity index (χ1v) is 6.97. The van der Waals surface area contributed by atoms with Crippen LogP contribution < -0.4 is 5.73 Å². The molecule has 1 fully saturated rings. The third-order valence-electron chi connectivity index (χ3n) is 3.49. The van der Waals surface area contributed by atoms with Gasteiger partial charge in [0.2, 0.25) is 0 Å². The predicted molar refractivity (Wildman–Crippen MR) is 77.3 cm³/mol. The van der Waals surface area contributed by atoms with Gasteiger partial charge in [0.25, 0.3) is 0 Å². The molecule has 0 radical (unpaired) electrons. The molecule has 0 aliphatic carbocycles. The molecule has 1 saturated heterocycles. The number of Topliss-reactive ketones (excluding diaryl/α,β-unsaturated/α-hetero) is 1. The van der Waals surface area contributed by atoms with Crippen LogP contribution in [0.15, 0.2) is 24.3 Å². The van der Waals surface area contributed by atoms with Crippen molar-refractivity contribution in [3.63, 3.8) is 0 Å². The zero-order valence-electron chi connectivity index (χ0n) is 11.8. The molecule has 0 bridgehead atoms. The minimum Gasteiger partial charge on any atom is -0.480 e. The van der Waals surface area contributed by atoms with E-state index < -0.39 is 12.0 Å². The van der Waals surface area contributed by atoms with Crippen molar-refractivity contribution in [2.45, 2.75) is 12.5 Å². The molecule has 0 amide bonds. The van der Waals surface area contributed by atoms with E-state index in [4.69, 9.17) is 15.6 Å². The summed E-state index contributed by atoms with van der Waals surface area (Å²) in [7, 11) is 0. The lowest BCUT2D eigenvalue weighted by molar-refractivity contribution is -0.138. The Morgan fingerprint density at radius 2 is 2.05 bits per heavy atom. The van der Waals surface area contributed by atoms with Crippen LogP contribution in [0.5, 0.6) is 0 Å². The first kappa shape index (κ1) is 15.6. The fourth-order valence-corrected chi connectivity index (χ4v) is 2.27. The number of carboxylic acids is 1. The summed E-state index contributed by atoms with van der Waals surface area (Å²) >= 11 is 0. The molecule has 2 rings (SSSR count). The van der Waals surface area contributed by atoms with Crippen molar-refractivity contribution in [3.05, 3.63) is 35.4 Å². The fourth-order valence-electron chi connectivity index (χ4n) is 2.27. The highest BCUT2D eigenvalue weighted by Gasteiger charge is 2.17. The maximum absolute atomic E-state index is 12.3. The van der Waals surface area contributed by atoms with E-state index in [-0.39, 0.29) is 12.2 Å². The van der Waals surface area contributed by atoms with Gasteiger partial charge in [-0.25, -0.2) is 0 Å².